The number of amides is 4. The van der Waals surface area contributed by atoms with Crippen LogP contribution in [0.4, 0.5) is 10.1 Å². The van der Waals surface area contributed by atoms with Gasteiger partial charge in [0.1, 0.15) is 11.9 Å². The van der Waals surface area contributed by atoms with Crippen LogP contribution in [0.1, 0.15) is 57.1 Å². The van der Waals surface area contributed by atoms with E-state index >= 15 is 4.39 Å². The van der Waals surface area contributed by atoms with Crippen LogP contribution in [0, 0.1) is 5.82 Å². The quantitative estimate of drug-likeness (QED) is 0.340. The van der Waals surface area contributed by atoms with Crippen molar-refractivity contribution >= 4 is 40.9 Å². The van der Waals surface area contributed by atoms with E-state index in [1.165, 1.54) is 6.07 Å². The van der Waals surface area contributed by atoms with Crippen LogP contribution in [-0.4, -0.2) is 64.0 Å². The number of nitrogens with zero attached hydrogens (tertiary/aromatic N) is 2. The number of piperidine rings is 2. The number of alkyl halides is 1. The molecule has 10 heteroatoms. The summed E-state index contributed by atoms with van der Waals surface area (Å²) in [7, 11) is 0. The Labute approximate surface area is 241 Å². The molecule has 8 nitrogen and oxygen atoms in total. The minimum atomic E-state index is -1.11. The number of hydrogen-bond donors (Lipinski definition) is 2. The highest BCUT2D eigenvalue weighted by Crippen LogP contribution is 2.35. The number of benzene rings is 3. The smallest absolute Gasteiger partial charge is 0.262 e. The van der Waals surface area contributed by atoms with Gasteiger partial charge in [0.05, 0.1) is 22.9 Å². The van der Waals surface area contributed by atoms with Crippen molar-refractivity contribution in [3.05, 3.63) is 101 Å². The first kappa shape index (κ1) is 27.1. The normalized spacial score (nSPS) is 23.1. The molecule has 3 aromatic carbocycles. The van der Waals surface area contributed by atoms with Crippen LogP contribution >= 0.6 is 11.6 Å². The van der Waals surface area contributed by atoms with E-state index in [0.29, 0.717) is 19.5 Å². The first-order valence-electron chi connectivity index (χ1n) is 13.6. The molecule has 3 heterocycles. The first-order valence-corrected chi connectivity index (χ1v) is 14.0. The summed E-state index contributed by atoms with van der Waals surface area (Å²) in [6.07, 6.45) is 0.610. The van der Waals surface area contributed by atoms with Gasteiger partial charge >= 0.3 is 0 Å². The van der Waals surface area contributed by atoms with E-state index in [1.807, 2.05) is 36.4 Å². The van der Waals surface area contributed by atoms with Crippen LogP contribution in [0.15, 0.2) is 72.8 Å². The van der Waals surface area contributed by atoms with E-state index in [0.717, 1.165) is 22.1 Å². The first-order chi connectivity index (χ1) is 19.8. The molecular weight excluding hydrogens is 547 g/mol. The molecule has 2 N–H and O–H groups in total. The molecule has 210 valence electrons. The molecule has 41 heavy (non-hydrogen) atoms. The molecule has 0 bridgehead atoms. The van der Waals surface area contributed by atoms with Gasteiger partial charge in [-0.2, -0.15) is 0 Å². The van der Waals surface area contributed by atoms with Crippen LogP contribution < -0.4 is 10.6 Å². The molecule has 3 aromatic rings. The van der Waals surface area contributed by atoms with Crippen molar-refractivity contribution in [3.8, 4) is 0 Å². The Kier molecular flexibility index (Phi) is 7.32. The third-order valence-electron chi connectivity index (χ3n) is 7.91. The number of imide groups is 2. The average Bonchev–Trinajstić information content (AvgIpc) is 3.18. The molecule has 0 aliphatic carbocycles. The molecule has 3 aliphatic heterocycles. The van der Waals surface area contributed by atoms with Crippen LogP contribution in [0.25, 0.3) is 0 Å². The molecule has 2 fully saturated rings. The maximum Gasteiger partial charge on any atom is 0.262 e. The molecule has 3 aliphatic rings. The number of carbonyl (C=O) groups is 4. The fraction of sp³-hybridized carbons (Fsp3) is 0.290. The summed E-state index contributed by atoms with van der Waals surface area (Å²) < 4.78 is 15.4. The van der Waals surface area contributed by atoms with E-state index in [1.54, 1.807) is 0 Å². The van der Waals surface area contributed by atoms with Gasteiger partial charge in [-0.25, -0.2) is 4.39 Å². The summed E-state index contributed by atoms with van der Waals surface area (Å²) in [5.74, 6) is -3.28. The molecule has 0 aromatic heterocycles. The van der Waals surface area contributed by atoms with Crippen LogP contribution in [0.2, 0.25) is 0 Å². The highest BCUT2D eigenvalue weighted by Gasteiger charge is 2.45. The van der Waals surface area contributed by atoms with Gasteiger partial charge in [-0.3, -0.25) is 34.3 Å². The topological polar surface area (TPSA) is 98.8 Å². The maximum atomic E-state index is 15.4. The lowest BCUT2D eigenvalue weighted by molar-refractivity contribution is -0.136. The van der Waals surface area contributed by atoms with Gasteiger partial charge in [-0.1, -0.05) is 60.7 Å². The molecule has 4 amide bonds. The van der Waals surface area contributed by atoms with E-state index in [2.05, 4.69) is 39.8 Å². The van der Waals surface area contributed by atoms with Crippen LogP contribution in [0.3, 0.4) is 0 Å². The third-order valence-corrected chi connectivity index (χ3v) is 8.23. The van der Waals surface area contributed by atoms with Crippen LogP contribution in [0.5, 0.6) is 0 Å². The number of hydrogen-bond acceptors (Lipinski definition) is 6. The predicted octanol–water partition coefficient (Wildman–Crippen LogP) is 4.11. The Hall–Kier alpha value is -4.08. The van der Waals surface area contributed by atoms with E-state index in [-0.39, 0.29) is 47.1 Å². The number of halogens is 2. The largest absolute Gasteiger partial charge is 0.379 e. The van der Waals surface area contributed by atoms with Crippen molar-refractivity contribution in [2.24, 2.45) is 0 Å². The molecule has 0 spiro atoms. The zero-order chi connectivity index (χ0) is 28.7. The molecule has 2 saturated heterocycles. The van der Waals surface area contributed by atoms with E-state index in [4.69, 9.17) is 11.6 Å². The number of nitrogens with one attached hydrogen (secondary N) is 2. The molecule has 3 unspecified atom stereocenters. The molecule has 0 saturated carbocycles. The summed E-state index contributed by atoms with van der Waals surface area (Å²) in [5.41, 5.74) is 2.23. The Bertz CT molecular complexity index is 1480. The second-order valence-electron chi connectivity index (χ2n) is 10.7. The standard InChI is InChI=1S/C31H28ClFN4O4/c32-20-13-21(17-36(16-20)28(18-7-3-1-4-8-18)19-9-5-2-6-10-19)34-25-15-23-22(14-24(25)33)30(40)37(31(23)41)26-11-12-27(38)35-29(26)39/h1-10,14-15,20-21,26,28,34H,11-13,16-17H2,(H,35,38,39). The number of anilines is 1. The van der Waals surface area contributed by atoms with Crippen molar-refractivity contribution in [2.75, 3.05) is 18.4 Å². The molecule has 6 rings (SSSR count). The summed E-state index contributed by atoms with van der Waals surface area (Å²) in [6.45, 7) is 1.19. The number of fused-ring (bicyclic) bond motifs is 1. The van der Waals surface area contributed by atoms with Gasteiger partial charge in [-0.05, 0) is 36.1 Å². The maximum absolute atomic E-state index is 15.4. The van der Waals surface area contributed by atoms with Crippen molar-refractivity contribution in [2.45, 2.75) is 42.8 Å². The van der Waals surface area contributed by atoms with Gasteiger partial charge in [-0.15, -0.1) is 11.6 Å². The lowest BCUT2D eigenvalue weighted by atomic mass is 9.93. The second-order valence-corrected chi connectivity index (χ2v) is 11.3. The molecular formula is C31H28ClFN4O4. The summed E-state index contributed by atoms with van der Waals surface area (Å²) in [6, 6.07) is 21.2. The zero-order valence-corrected chi connectivity index (χ0v) is 22.8. The number of carbonyl (C=O) groups excluding carboxylic acids is 4. The number of likely N-dealkylation sites (tertiary alicyclic amines) is 1. The fourth-order valence-electron chi connectivity index (χ4n) is 6.09. The summed E-state index contributed by atoms with van der Waals surface area (Å²) in [4.78, 5) is 53.3. The Morgan fingerprint density at radius 3 is 2.10 bits per heavy atom. The van der Waals surface area contributed by atoms with E-state index in [9.17, 15) is 19.2 Å². The van der Waals surface area contributed by atoms with E-state index < -0.39 is 35.5 Å². The van der Waals surface area contributed by atoms with Crippen molar-refractivity contribution < 1.29 is 23.6 Å². The molecule has 3 atom stereocenters. The van der Waals surface area contributed by atoms with Gasteiger partial charge in [0.15, 0.2) is 0 Å². The highest BCUT2D eigenvalue weighted by atomic mass is 35.5. The Morgan fingerprint density at radius 1 is 0.878 bits per heavy atom. The van der Waals surface area contributed by atoms with Gasteiger partial charge in [0.25, 0.3) is 11.8 Å². The monoisotopic (exact) mass is 574 g/mol. The van der Waals surface area contributed by atoms with Crippen molar-refractivity contribution in [1.82, 2.24) is 15.1 Å². The fourth-order valence-corrected chi connectivity index (χ4v) is 6.48. The van der Waals surface area contributed by atoms with Gasteiger partial charge in [0, 0.05) is 30.9 Å². The van der Waals surface area contributed by atoms with Gasteiger partial charge in [0.2, 0.25) is 11.8 Å². The number of rotatable bonds is 6. The summed E-state index contributed by atoms with van der Waals surface area (Å²) >= 11 is 6.75. The lowest BCUT2D eigenvalue weighted by Gasteiger charge is -2.41. The lowest BCUT2D eigenvalue weighted by Crippen LogP contribution is -2.54. The molecule has 0 radical (unpaired) electrons. The van der Waals surface area contributed by atoms with Gasteiger partial charge < -0.3 is 5.32 Å². The Balaban J connectivity index is 1.25. The van der Waals surface area contributed by atoms with Crippen molar-refractivity contribution in [3.63, 3.8) is 0 Å². The minimum Gasteiger partial charge on any atom is -0.379 e. The average molecular weight is 575 g/mol. The zero-order valence-electron chi connectivity index (χ0n) is 22.1. The highest BCUT2D eigenvalue weighted by molar-refractivity contribution is 6.24. The predicted molar refractivity (Wildman–Crippen MR) is 151 cm³/mol. The SMILES string of the molecule is O=C1CCC(N2C(=O)c3cc(F)c(NC4CC(Cl)CN(C(c5ccccc5)c5ccccc5)C4)cc3C2=O)C(=O)N1. The van der Waals surface area contributed by atoms with Crippen molar-refractivity contribution in [1.29, 1.82) is 0 Å². The second kappa shape index (κ2) is 11.1. The minimum absolute atomic E-state index is 0.00963. The third kappa shape index (κ3) is 5.23. The summed E-state index contributed by atoms with van der Waals surface area (Å²) in [5, 5.41) is 5.19. The van der Waals surface area contributed by atoms with Crippen LogP contribution in [-0.2, 0) is 9.59 Å². The Morgan fingerprint density at radius 2 is 1.49 bits per heavy atom.